The van der Waals surface area contributed by atoms with Gasteiger partial charge in [-0.05, 0) is 18.2 Å². The molecule has 3 aromatic rings. The maximum Gasteiger partial charge on any atom is 0.197 e. The van der Waals surface area contributed by atoms with E-state index in [0.29, 0.717) is 5.56 Å². The van der Waals surface area contributed by atoms with E-state index in [1.54, 1.807) is 0 Å². The molecule has 6 nitrogen and oxygen atoms in total. The van der Waals surface area contributed by atoms with Gasteiger partial charge < -0.3 is 24.5 Å². The largest absolute Gasteiger partial charge is 0.508 e. The van der Waals surface area contributed by atoms with E-state index in [1.807, 2.05) is 0 Å². The predicted octanol–water partition coefficient (Wildman–Crippen LogP) is 2.59. The van der Waals surface area contributed by atoms with Crippen LogP contribution in [0.25, 0.3) is 22.3 Å². The second-order valence-electron chi connectivity index (χ2n) is 4.61. The molecular weight excluding hydrogens is 288 g/mol. The van der Waals surface area contributed by atoms with Crippen molar-refractivity contribution in [3.8, 4) is 34.3 Å². The Morgan fingerprint density at radius 3 is 2.64 bits per heavy atom. The summed E-state index contributed by atoms with van der Waals surface area (Å²) in [5.74, 6) is -0.735. The zero-order valence-electron chi connectivity index (χ0n) is 12.5. The van der Waals surface area contributed by atoms with Crippen LogP contribution in [0.1, 0.15) is 1.37 Å². The molecule has 0 radical (unpaired) electrons. The molecule has 0 aliphatic carbocycles. The Labute approximate surface area is 125 Å². The first-order chi connectivity index (χ1) is 10.9. The van der Waals surface area contributed by atoms with Crippen LogP contribution in [0, 0.1) is 0 Å². The SMILES string of the molecule is [2H]c1c(O)cc(O)c2c(=O)cc(-c3ccc(O)c(OC)c3)oc12. The molecule has 0 bridgehead atoms. The molecule has 0 saturated carbocycles. The molecule has 1 heterocycles. The minimum absolute atomic E-state index is 0.0733. The molecule has 0 saturated heterocycles. The molecule has 1 aromatic heterocycles. The van der Waals surface area contributed by atoms with Crippen LogP contribution in [0.4, 0.5) is 0 Å². The number of fused-ring (bicyclic) bond motifs is 1. The molecule has 0 atom stereocenters. The van der Waals surface area contributed by atoms with Crippen LogP contribution in [0.15, 0.2) is 45.6 Å². The van der Waals surface area contributed by atoms with E-state index in [0.717, 1.165) is 12.1 Å². The van der Waals surface area contributed by atoms with Gasteiger partial charge in [-0.25, -0.2) is 0 Å². The van der Waals surface area contributed by atoms with Gasteiger partial charge >= 0.3 is 0 Å². The zero-order valence-corrected chi connectivity index (χ0v) is 11.5. The lowest BCUT2D eigenvalue weighted by molar-refractivity contribution is 0.373. The van der Waals surface area contributed by atoms with Crippen LogP contribution in [-0.4, -0.2) is 22.4 Å². The standard InChI is InChI=1S/C16H12O6/c1-21-14-4-8(2-3-10(14)18)13-7-12(20)16-11(19)5-9(17)6-15(16)22-13/h2-7,17-19H,1H3/i6D. The normalized spacial score (nSPS) is 11.4. The topological polar surface area (TPSA) is 100 Å². The third-order valence-electron chi connectivity index (χ3n) is 3.18. The second-order valence-corrected chi connectivity index (χ2v) is 4.61. The predicted molar refractivity (Wildman–Crippen MR) is 79.5 cm³/mol. The monoisotopic (exact) mass is 301 g/mol. The summed E-state index contributed by atoms with van der Waals surface area (Å²) in [7, 11) is 1.38. The van der Waals surface area contributed by atoms with Crippen molar-refractivity contribution < 1.29 is 25.8 Å². The van der Waals surface area contributed by atoms with Crippen LogP contribution in [-0.2, 0) is 0 Å². The number of methoxy groups -OCH3 is 1. The Morgan fingerprint density at radius 1 is 1.14 bits per heavy atom. The number of aromatic hydroxyl groups is 3. The fraction of sp³-hybridized carbons (Fsp3) is 0.0625. The first-order valence-electron chi connectivity index (χ1n) is 6.79. The minimum atomic E-state index is -0.556. The summed E-state index contributed by atoms with van der Waals surface area (Å²) in [5.41, 5.74) is -0.350. The highest BCUT2D eigenvalue weighted by atomic mass is 16.5. The van der Waals surface area contributed by atoms with E-state index in [4.69, 9.17) is 10.5 Å². The van der Waals surface area contributed by atoms with E-state index in [2.05, 4.69) is 0 Å². The van der Waals surface area contributed by atoms with Crippen LogP contribution < -0.4 is 10.2 Å². The van der Waals surface area contributed by atoms with Crippen molar-refractivity contribution in [2.24, 2.45) is 0 Å². The van der Waals surface area contributed by atoms with Crippen molar-refractivity contribution in [2.45, 2.75) is 0 Å². The van der Waals surface area contributed by atoms with Gasteiger partial charge in [0.2, 0.25) is 0 Å². The Bertz CT molecular complexity index is 976. The Kier molecular flexibility index (Phi) is 2.86. The van der Waals surface area contributed by atoms with Crippen molar-refractivity contribution in [3.63, 3.8) is 0 Å². The van der Waals surface area contributed by atoms with E-state index < -0.39 is 23.0 Å². The molecular formula is C16H12O6. The van der Waals surface area contributed by atoms with Gasteiger partial charge in [0.05, 0.1) is 8.48 Å². The number of phenolic OH excluding ortho intramolecular Hbond substituents is 3. The number of phenols is 3. The van der Waals surface area contributed by atoms with Gasteiger partial charge in [-0.15, -0.1) is 0 Å². The molecule has 22 heavy (non-hydrogen) atoms. The summed E-state index contributed by atoms with van der Waals surface area (Å²) in [5, 5.41) is 28.8. The summed E-state index contributed by atoms with van der Waals surface area (Å²) < 4.78 is 18.3. The number of rotatable bonds is 2. The van der Waals surface area contributed by atoms with Gasteiger partial charge in [0, 0.05) is 23.7 Å². The lowest BCUT2D eigenvalue weighted by Gasteiger charge is -2.08. The highest BCUT2D eigenvalue weighted by molar-refractivity contribution is 5.86. The Balaban J connectivity index is 2.32. The van der Waals surface area contributed by atoms with Gasteiger partial charge in [-0.1, -0.05) is 0 Å². The average Bonchev–Trinajstić information content (AvgIpc) is 2.52. The molecule has 0 fully saturated rings. The summed E-state index contributed by atoms with van der Waals surface area (Å²) >= 11 is 0. The van der Waals surface area contributed by atoms with Gasteiger partial charge in [-0.3, -0.25) is 4.79 Å². The molecule has 0 spiro atoms. The van der Waals surface area contributed by atoms with E-state index in [9.17, 15) is 20.1 Å². The fourth-order valence-electron chi connectivity index (χ4n) is 2.15. The molecule has 6 heteroatoms. The smallest absolute Gasteiger partial charge is 0.197 e. The van der Waals surface area contributed by atoms with Gasteiger partial charge in [0.25, 0.3) is 0 Å². The van der Waals surface area contributed by atoms with Crippen molar-refractivity contribution in [2.75, 3.05) is 7.11 Å². The maximum absolute atomic E-state index is 12.2. The van der Waals surface area contributed by atoms with Crippen molar-refractivity contribution >= 4 is 11.0 Å². The maximum atomic E-state index is 12.2. The summed E-state index contributed by atoms with van der Waals surface area (Å²) in [4.78, 5) is 12.2. The van der Waals surface area contributed by atoms with Gasteiger partial charge in [0.1, 0.15) is 28.2 Å². The molecule has 0 aliphatic rings. The summed E-state index contributed by atoms with van der Waals surface area (Å²) in [6.07, 6.45) is 0. The van der Waals surface area contributed by atoms with Crippen LogP contribution in [0.2, 0.25) is 0 Å². The van der Waals surface area contributed by atoms with Crippen LogP contribution in [0.5, 0.6) is 23.0 Å². The highest BCUT2D eigenvalue weighted by Crippen LogP contribution is 2.34. The Morgan fingerprint density at radius 2 is 1.91 bits per heavy atom. The lowest BCUT2D eigenvalue weighted by atomic mass is 10.1. The number of benzene rings is 2. The summed E-state index contributed by atoms with van der Waals surface area (Å²) in [6.45, 7) is 0. The van der Waals surface area contributed by atoms with Crippen molar-refractivity contribution in [1.82, 2.24) is 0 Å². The van der Waals surface area contributed by atoms with Crippen molar-refractivity contribution in [3.05, 3.63) is 46.6 Å². The quantitative estimate of drug-likeness (QED) is 0.672. The van der Waals surface area contributed by atoms with Gasteiger partial charge in [0.15, 0.2) is 16.9 Å². The van der Waals surface area contributed by atoms with E-state index in [1.165, 1.54) is 25.3 Å². The highest BCUT2D eigenvalue weighted by Gasteiger charge is 2.13. The first kappa shape index (κ1) is 12.6. The third kappa shape index (κ3) is 2.20. The number of hydrogen-bond acceptors (Lipinski definition) is 6. The van der Waals surface area contributed by atoms with Gasteiger partial charge in [-0.2, -0.15) is 0 Å². The van der Waals surface area contributed by atoms with E-state index >= 15 is 0 Å². The second kappa shape index (κ2) is 5.00. The minimum Gasteiger partial charge on any atom is -0.508 e. The van der Waals surface area contributed by atoms with Crippen molar-refractivity contribution in [1.29, 1.82) is 0 Å². The fourth-order valence-corrected chi connectivity index (χ4v) is 2.15. The summed E-state index contributed by atoms with van der Waals surface area (Å²) in [6, 6.07) is 6.03. The Hall–Kier alpha value is -3.15. The molecule has 0 aliphatic heterocycles. The molecule has 3 N–H and O–H groups in total. The molecule has 0 unspecified atom stereocenters. The zero-order chi connectivity index (χ0) is 16.7. The average molecular weight is 301 g/mol. The molecule has 0 amide bonds. The molecule has 112 valence electrons. The first-order valence-corrected chi connectivity index (χ1v) is 6.29. The third-order valence-corrected chi connectivity index (χ3v) is 3.18. The lowest BCUT2D eigenvalue weighted by Crippen LogP contribution is -2.00. The number of hydrogen-bond donors (Lipinski definition) is 3. The molecule has 3 rings (SSSR count). The number of ether oxygens (including phenoxy) is 1. The molecule has 2 aromatic carbocycles. The van der Waals surface area contributed by atoms with E-state index in [-0.39, 0.29) is 28.2 Å². The van der Waals surface area contributed by atoms with Crippen LogP contribution in [0.3, 0.4) is 0 Å². The van der Waals surface area contributed by atoms with Crippen LogP contribution >= 0.6 is 0 Å².